The molecule has 1 N–H and O–H groups in total. The molecule has 6 heteroatoms. The van der Waals surface area contributed by atoms with Crippen molar-refractivity contribution in [2.75, 3.05) is 0 Å². The van der Waals surface area contributed by atoms with Gasteiger partial charge in [-0.3, -0.25) is 0 Å². The highest BCUT2D eigenvalue weighted by Gasteiger charge is 2.21. The number of aryl methyl sites for hydroxylation is 1. The molecule has 0 saturated carbocycles. The van der Waals surface area contributed by atoms with Gasteiger partial charge in [-0.1, -0.05) is 20.8 Å². The number of hydrogen-bond donors (Lipinski definition) is 1. The third kappa shape index (κ3) is 3.22. The molecule has 0 unspecified atom stereocenters. The highest BCUT2D eigenvalue weighted by Crippen LogP contribution is 2.26. The summed E-state index contributed by atoms with van der Waals surface area (Å²) in [4.78, 5) is 4.74. The van der Waals surface area contributed by atoms with E-state index in [1.165, 1.54) is 17.8 Å². The van der Waals surface area contributed by atoms with Crippen LogP contribution < -0.4 is 5.32 Å². The van der Waals surface area contributed by atoms with Gasteiger partial charge in [0.2, 0.25) is 0 Å². The van der Waals surface area contributed by atoms with Gasteiger partial charge in [0.15, 0.2) is 0 Å². The molecule has 1 aliphatic heterocycles. The molecule has 3 heterocycles. The van der Waals surface area contributed by atoms with Gasteiger partial charge in [-0.15, -0.1) is 21.5 Å². The number of fused-ring (bicyclic) bond motifs is 1. The van der Waals surface area contributed by atoms with Crippen LogP contribution in [0.15, 0.2) is 5.38 Å². The minimum Gasteiger partial charge on any atom is -0.314 e. The van der Waals surface area contributed by atoms with E-state index in [0.717, 1.165) is 36.9 Å². The molecule has 0 aliphatic carbocycles. The summed E-state index contributed by atoms with van der Waals surface area (Å²) < 4.78 is 2.28. The summed E-state index contributed by atoms with van der Waals surface area (Å²) in [7, 11) is 0. The van der Waals surface area contributed by atoms with E-state index in [-0.39, 0.29) is 11.5 Å². The van der Waals surface area contributed by atoms with Crippen LogP contribution in [0.3, 0.4) is 0 Å². The molecule has 0 bridgehead atoms. The summed E-state index contributed by atoms with van der Waals surface area (Å²) in [5, 5.41) is 15.6. The summed E-state index contributed by atoms with van der Waals surface area (Å²) in [6.07, 6.45) is 3.51. The van der Waals surface area contributed by atoms with Gasteiger partial charge in [0.05, 0.1) is 16.7 Å². The molecule has 0 fully saturated rings. The molecule has 0 radical (unpaired) electrons. The van der Waals surface area contributed by atoms with Gasteiger partial charge in [-0.05, 0) is 19.8 Å². The fourth-order valence-electron chi connectivity index (χ4n) is 2.73. The lowest BCUT2D eigenvalue weighted by Gasteiger charge is -2.18. The molecule has 5 nitrogen and oxygen atoms in total. The largest absolute Gasteiger partial charge is 0.314 e. The Balaban J connectivity index is 1.64. The van der Waals surface area contributed by atoms with Gasteiger partial charge in [0, 0.05) is 30.3 Å². The Morgan fingerprint density at radius 3 is 2.86 bits per heavy atom. The van der Waals surface area contributed by atoms with Crippen LogP contribution in [0.1, 0.15) is 68.9 Å². The Labute approximate surface area is 136 Å². The van der Waals surface area contributed by atoms with Gasteiger partial charge in [-0.25, -0.2) is 4.98 Å². The molecule has 2 aromatic rings. The maximum atomic E-state index is 4.74. The lowest BCUT2D eigenvalue weighted by molar-refractivity contribution is 0.463. The molecule has 0 aromatic carbocycles. The fourth-order valence-corrected chi connectivity index (χ4v) is 3.64. The summed E-state index contributed by atoms with van der Waals surface area (Å²) >= 11 is 1.74. The molecule has 1 aliphatic rings. The van der Waals surface area contributed by atoms with Gasteiger partial charge < -0.3 is 9.88 Å². The first-order valence-electron chi connectivity index (χ1n) is 8.05. The minimum absolute atomic E-state index is 0.126. The zero-order chi connectivity index (χ0) is 15.7. The van der Waals surface area contributed by atoms with Crippen molar-refractivity contribution < 1.29 is 0 Å². The van der Waals surface area contributed by atoms with Crippen LogP contribution in [-0.4, -0.2) is 19.7 Å². The Bertz CT molecular complexity index is 637. The number of aromatic nitrogens is 4. The molecular formula is C16H25N5S. The van der Waals surface area contributed by atoms with Crippen molar-refractivity contribution in [1.29, 1.82) is 0 Å². The van der Waals surface area contributed by atoms with Crippen LogP contribution in [0.5, 0.6) is 0 Å². The smallest absolute Gasteiger partial charge is 0.149 e. The number of nitrogens with zero attached hydrogens (tertiary/aromatic N) is 4. The topological polar surface area (TPSA) is 55.6 Å². The monoisotopic (exact) mass is 319 g/mol. The second kappa shape index (κ2) is 6.08. The lowest BCUT2D eigenvalue weighted by atomic mass is 9.98. The maximum Gasteiger partial charge on any atom is 0.149 e. The van der Waals surface area contributed by atoms with Crippen molar-refractivity contribution in [3.8, 4) is 0 Å². The number of hydrogen-bond acceptors (Lipinski definition) is 5. The summed E-state index contributed by atoms with van der Waals surface area (Å²) in [6.45, 7) is 10.6. The molecule has 1 atom stereocenters. The highest BCUT2D eigenvalue weighted by molar-refractivity contribution is 7.09. The Morgan fingerprint density at radius 2 is 2.14 bits per heavy atom. The molecule has 0 amide bonds. The van der Waals surface area contributed by atoms with Gasteiger partial charge in [0.25, 0.3) is 0 Å². The third-order valence-corrected chi connectivity index (χ3v) is 5.37. The summed E-state index contributed by atoms with van der Waals surface area (Å²) in [6, 6.07) is 0.194. The zero-order valence-electron chi connectivity index (χ0n) is 13.9. The van der Waals surface area contributed by atoms with Gasteiger partial charge in [-0.2, -0.15) is 0 Å². The molecule has 0 spiro atoms. The van der Waals surface area contributed by atoms with Crippen molar-refractivity contribution in [1.82, 2.24) is 25.1 Å². The van der Waals surface area contributed by atoms with Crippen molar-refractivity contribution in [3.05, 3.63) is 27.7 Å². The molecule has 3 rings (SSSR count). The fraction of sp³-hybridized carbons (Fsp3) is 0.688. The van der Waals surface area contributed by atoms with Crippen LogP contribution in [0.4, 0.5) is 0 Å². The predicted molar refractivity (Wildman–Crippen MR) is 89.0 cm³/mol. The van der Waals surface area contributed by atoms with Crippen LogP contribution in [0.25, 0.3) is 0 Å². The number of nitrogens with one attached hydrogen (secondary N) is 1. The first-order chi connectivity index (χ1) is 10.4. The Morgan fingerprint density at radius 1 is 1.32 bits per heavy atom. The van der Waals surface area contributed by atoms with Gasteiger partial charge >= 0.3 is 0 Å². The van der Waals surface area contributed by atoms with Gasteiger partial charge in [0.1, 0.15) is 11.6 Å². The molecule has 22 heavy (non-hydrogen) atoms. The van der Waals surface area contributed by atoms with Crippen LogP contribution in [-0.2, 0) is 24.9 Å². The van der Waals surface area contributed by atoms with E-state index < -0.39 is 0 Å². The average Bonchev–Trinajstić information content (AvgIpc) is 3.11. The second-order valence-electron chi connectivity index (χ2n) is 7.08. The van der Waals surface area contributed by atoms with E-state index in [1.54, 1.807) is 11.3 Å². The maximum absolute atomic E-state index is 4.74. The third-order valence-electron chi connectivity index (χ3n) is 4.06. The SMILES string of the molecule is C[C@@H](NCc1csc(C(C)(C)C)n1)c1nnc2n1CCCC2. The van der Waals surface area contributed by atoms with Crippen molar-refractivity contribution in [3.63, 3.8) is 0 Å². The summed E-state index contributed by atoms with van der Waals surface area (Å²) in [5.41, 5.74) is 1.24. The molecule has 120 valence electrons. The van der Waals surface area contributed by atoms with E-state index in [0.29, 0.717) is 0 Å². The van der Waals surface area contributed by atoms with Crippen molar-refractivity contribution >= 4 is 11.3 Å². The zero-order valence-corrected chi connectivity index (χ0v) is 14.7. The van der Waals surface area contributed by atoms with Crippen LogP contribution in [0.2, 0.25) is 0 Å². The van der Waals surface area contributed by atoms with Crippen LogP contribution in [0, 0.1) is 0 Å². The molecule has 2 aromatic heterocycles. The van der Waals surface area contributed by atoms with E-state index in [2.05, 4.69) is 53.2 Å². The van der Waals surface area contributed by atoms with E-state index >= 15 is 0 Å². The quantitative estimate of drug-likeness (QED) is 0.940. The normalized spacial score (nSPS) is 16.5. The summed E-state index contributed by atoms with van der Waals surface area (Å²) in [5.74, 6) is 2.19. The predicted octanol–water partition coefficient (Wildman–Crippen LogP) is 3.22. The van der Waals surface area contributed by atoms with E-state index in [1.807, 2.05) is 0 Å². The number of rotatable bonds is 4. The molecule has 0 saturated heterocycles. The Hall–Kier alpha value is -1.27. The average molecular weight is 319 g/mol. The first-order valence-corrected chi connectivity index (χ1v) is 8.93. The highest BCUT2D eigenvalue weighted by atomic mass is 32.1. The standard InChI is InChI=1S/C16H25N5S/c1-11(14-20-19-13-7-5-6-8-21(13)14)17-9-12-10-22-15(18-12)16(2,3)4/h10-11,17H,5-9H2,1-4H3/t11-/m1/s1. The Kier molecular flexibility index (Phi) is 4.32. The van der Waals surface area contributed by atoms with E-state index in [9.17, 15) is 0 Å². The van der Waals surface area contributed by atoms with Crippen molar-refractivity contribution in [2.45, 2.75) is 71.5 Å². The first kappa shape index (κ1) is 15.6. The molecular weight excluding hydrogens is 294 g/mol. The van der Waals surface area contributed by atoms with Crippen molar-refractivity contribution in [2.24, 2.45) is 0 Å². The lowest BCUT2D eigenvalue weighted by Crippen LogP contribution is -2.23. The number of thiazole rings is 1. The minimum atomic E-state index is 0.126. The second-order valence-corrected chi connectivity index (χ2v) is 7.94. The van der Waals surface area contributed by atoms with E-state index in [4.69, 9.17) is 4.98 Å². The van der Waals surface area contributed by atoms with Crippen LogP contribution >= 0.6 is 11.3 Å².